The maximum absolute atomic E-state index is 13.1. The van der Waals surface area contributed by atoms with E-state index in [4.69, 9.17) is 24.7 Å². The summed E-state index contributed by atoms with van der Waals surface area (Å²) in [5.74, 6) is 0.624. The molecule has 3 rings (SSSR count). The van der Waals surface area contributed by atoms with Crippen LogP contribution in [0.4, 0.5) is 0 Å². The van der Waals surface area contributed by atoms with Crippen molar-refractivity contribution in [2.24, 2.45) is 5.73 Å². The van der Waals surface area contributed by atoms with Crippen LogP contribution in [0.5, 0.6) is 23.0 Å². The minimum absolute atomic E-state index is 0.0256. The van der Waals surface area contributed by atoms with Gasteiger partial charge in [-0.1, -0.05) is 24.6 Å². The molecule has 0 bridgehead atoms. The minimum Gasteiger partial charge on any atom is -0.496 e. The lowest BCUT2D eigenvalue weighted by molar-refractivity contribution is -0.120. The van der Waals surface area contributed by atoms with Crippen molar-refractivity contribution >= 4 is 11.8 Å². The Morgan fingerprint density at radius 2 is 1.59 bits per heavy atom. The number of para-hydroxylation sites is 1. The molecule has 184 valence electrons. The first-order valence-electron chi connectivity index (χ1n) is 11.3. The molecule has 0 aromatic heterocycles. The Bertz CT molecular complexity index is 965. The predicted molar refractivity (Wildman–Crippen MR) is 128 cm³/mol. The van der Waals surface area contributed by atoms with Crippen molar-refractivity contribution in [2.75, 3.05) is 47.6 Å². The van der Waals surface area contributed by atoms with Crippen molar-refractivity contribution < 1.29 is 28.5 Å². The molecule has 1 atom stereocenters. The van der Waals surface area contributed by atoms with Gasteiger partial charge in [0.2, 0.25) is 5.75 Å². The summed E-state index contributed by atoms with van der Waals surface area (Å²) in [6.07, 6.45) is 3.47. The summed E-state index contributed by atoms with van der Waals surface area (Å²) in [5, 5.41) is 3.06. The van der Waals surface area contributed by atoms with E-state index in [0.717, 1.165) is 37.2 Å². The fourth-order valence-corrected chi connectivity index (χ4v) is 4.20. The average Bonchev–Trinajstić information content (AvgIpc) is 2.87. The van der Waals surface area contributed by atoms with Crippen molar-refractivity contribution in [3.63, 3.8) is 0 Å². The van der Waals surface area contributed by atoms with E-state index in [-0.39, 0.29) is 35.8 Å². The van der Waals surface area contributed by atoms with Crippen LogP contribution >= 0.6 is 0 Å². The van der Waals surface area contributed by atoms with Crippen LogP contribution in [-0.4, -0.2) is 64.3 Å². The number of carbonyl (C=O) groups excluding carboxylic acids is 2. The normalized spacial score (nSPS) is 14.7. The van der Waals surface area contributed by atoms with Gasteiger partial charge in [0.1, 0.15) is 5.75 Å². The molecule has 0 saturated carbocycles. The lowest BCUT2D eigenvalue weighted by Crippen LogP contribution is -2.40. The molecule has 0 aliphatic carbocycles. The number of amides is 2. The molecule has 9 nitrogen and oxygen atoms in total. The van der Waals surface area contributed by atoms with E-state index in [9.17, 15) is 9.59 Å². The second kappa shape index (κ2) is 12.1. The third-order valence-corrected chi connectivity index (χ3v) is 5.87. The van der Waals surface area contributed by atoms with Gasteiger partial charge >= 0.3 is 0 Å². The number of hydrogen-bond acceptors (Lipinski definition) is 7. The molecular weight excluding hydrogens is 438 g/mol. The van der Waals surface area contributed by atoms with Crippen LogP contribution in [0.25, 0.3) is 0 Å². The van der Waals surface area contributed by atoms with Crippen LogP contribution in [0.15, 0.2) is 36.4 Å². The molecule has 0 spiro atoms. The van der Waals surface area contributed by atoms with Gasteiger partial charge in [-0.2, -0.15) is 0 Å². The van der Waals surface area contributed by atoms with E-state index in [1.54, 1.807) is 19.2 Å². The molecule has 2 amide bonds. The molecule has 2 aromatic carbocycles. The Hall–Kier alpha value is -3.46. The van der Waals surface area contributed by atoms with Gasteiger partial charge in [-0.25, -0.2) is 0 Å². The van der Waals surface area contributed by atoms with Gasteiger partial charge in [0, 0.05) is 17.7 Å². The number of rotatable bonds is 11. The van der Waals surface area contributed by atoms with Crippen LogP contribution < -0.4 is 30.0 Å². The summed E-state index contributed by atoms with van der Waals surface area (Å²) in [4.78, 5) is 26.7. The Balaban J connectivity index is 1.83. The average molecular weight is 472 g/mol. The van der Waals surface area contributed by atoms with E-state index in [2.05, 4.69) is 10.2 Å². The molecule has 1 saturated heterocycles. The minimum atomic E-state index is -0.633. The van der Waals surface area contributed by atoms with Crippen molar-refractivity contribution in [2.45, 2.75) is 25.3 Å². The molecule has 0 radical (unpaired) electrons. The lowest BCUT2D eigenvalue weighted by Gasteiger charge is -2.35. The highest BCUT2D eigenvalue weighted by Crippen LogP contribution is 2.38. The molecule has 1 unspecified atom stereocenters. The Labute approximate surface area is 200 Å². The summed E-state index contributed by atoms with van der Waals surface area (Å²) < 4.78 is 21.8. The summed E-state index contributed by atoms with van der Waals surface area (Å²) in [6.45, 7) is 2.00. The van der Waals surface area contributed by atoms with Gasteiger partial charge in [0.15, 0.2) is 18.1 Å². The first-order chi connectivity index (χ1) is 16.5. The number of ether oxygens (including phenoxy) is 4. The van der Waals surface area contributed by atoms with E-state index in [1.807, 2.05) is 24.3 Å². The fraction of sp³-hybridized carbons (Fsp3) is 0.440. The number of nitrogens with zero attached hydrogens (tertiary/aromatic N) is 1. The first-order valence-corrected chi connectivity index (χ1v) is 11.3. The summed E-state index contributed by atoms with van der Waals surface area (Å²) in [6, 6.07) is 11.0. The van der Waals surface area contributed by atoms with Crippen LogP contribution in [0, 0.1) is 0 Å². The van der Waals surface area contributed by atoms with Gasteiger partial charge < -0.3 is 30.0 Å². The standard InChI is InChI=1S/C25H33N3O6/c1-31-20-10-6-5-9-18(20)19(28-11-7-4-8-12-28)15-27-25(30)17-13-21(32-2)24(22(14-17)33-3)34-16-23(26)29/h5-6,9-10,13-14,19H,4,7-8,11-12,15-16H2,1-3H3,(H2,26,29)(H,27,30). The first kappa shape index (κ1) is 25.2. The van der Waals surface area contributed by atoms with E-state index < -0.39 is 5.91 Å². The molecule has 2 aromatic rings. The van der Waals surface area contributed by atoms with Crippen molar-refractivity contribution in [3.8, 4) is 23.0 Å². The van der Waals surface area contributed by atoms with Crippen LogP contribution in [0.1, 0.15) is 41.2 Å². The number of likely N-dealkylation sites (tertiary alicyclic amines) is 1. The molecule has 34 heavy (non-hydrogen) atoms. The fourth-order valence-electron chi connectivity index (χ4n) is 4.20. The molecule has 1 aliphatic heterocycles. The zero-order valence-corrected chi connectivity index (χ0v) is 20.0. The van der Waals surface area contributed by atoms with E-state index >= 15 is 0 Å². The zero-order chi connectivity index (χ0) is 24.5. The molecular formula is C25H33N3O6. The lowest BCUT2D eigenvalue weighted by atomic mass is 10.0. The number of methoxy groups -OCH3 is 3. The van der Waals surface area contributed by atoms with Gasteiger partial charge in [-0.05, 0) is 44.1 Å². The number of benzene rings is 2. The van der Waals surface area contributed by atoms with Crippen LogP contribution in [0.2, 0.25) is 0 Å². The SMILES string of the molecule is COc1ccccc1C(CNC(=O)c1cc(OC)c(OCC(N)=O)c(OC)c1)N1CCCCC1. The molecule has 1 heterocycles. The molecule has 3 N–H and O–H groups in total. The van der Waals surface area contributed by atoms with Gasteiger partial charge in [0.05, 0.1) is 27.4 Å². The van der Waals surface area contributed by atoms with Gasteiger partial charge in [0.25, 0.3) is 11.8 Å². The molecule has 1 aliphatic rings. The molecule has 9 heteroatoms. The van der Waals surface area contributed by atoms with Crippen molar-refractivity contribution in [1.29, 1.82) is 0 Å². The smallest absolute Gasteiger partial charge is 0.255 e. The maximum Gasteiger partial charge on any atom is 0.255 e. The number of primary amides is 1. The Kier molecular flexibility index (Phi) is 8.98. The summed E-state index contributed by atoms with van der Waals surface area (Å²) in [7, 11) is 4.55. The van der Waals surface area contributed by atoms with Crippen molar-refractivity contribution in [1.82, 2.24) is 10.2 Å². The second-order valence-corrected chi connectivity index (χ2v) is 8.03. The quantitative estimate of drug-likeness (QED) is 0.518. The van der Waals surface area contributed by atoms with E-state index in [1.165, 1.54) is 20.6 Å². The van der Waals surface area contributed by atoms with Gasteiger partial charge in [-0.3, -0.25) is 14.5 Å². The van der Waals surface area contributed by atoms with Gasteiger partial charge in [-0.15, -0.1) is 0 Å². The van der Waals surface area contributed by atoms with Crippen molar-refractivity contribution in [3.05, 3.63) is 47.5 Å². The second-order valence-electron chi connectivity index (χ2n) is 8.03. The summed E-state index contributed by atoms with van der Waals surface area (Å²) >= 11 is 0. The number of nitrogens with one attached hydrogen (secondary N) is 1. The van der Waals surface area contributed by atoms with Crippen LogP contribution in [0.3, 0.4) is 0 Å². The van der Waals surface area contributed by atoms with Crippen LogP contribution in [-0.2, 0) is 4.79 Å². The third-order valence-electron chi connectivity index (χ3n) is 5.87. The topological polar surface area (TPSA) is 112 Å². The molecule has 1 fully saturated rings. The largest absolute Gasteiger partial charge is 0.496 e. The summed E-state index contributed by atoms with van der Waals surface area (Å²) in [5.41, 5.74) is 6.56. The number of piperidine rings is 1. The monoisotopic (exact) mass is 471 g/mol. The highest BCUT2D eigenvalue weighted by atomic mass is 16.5. The zero-order valence-electron chi connectivity index (χ0n) is 20.0. The van der Waals surface area contributed by atoms with E-state index in [0.29, 0.717) is 12.1 Å². The highest BCUT2D eigenvalue weighted by molar-refractivity contribution is 5.95. The number of nitrogens with two attached hydrogens (primary N) is 1. The third kappa shape index (κ3) is 6.11. The number of hydrogen-bond donors (Lipinski definition) is 2. The predicted octanol–water partition coefficient (Wildman–Crippen LogP) is 2.53. The Morgan fingerprint density at radius 1 is 0.971 bits per heavy atom. The highest BCUT2D eigenvalue weighted by Gasteiger charge is 2.26. The Morgan fingerprint density at radius 3 is 2.18 bits per heavy atom. The maximum atomic E-state index is 13.1. The number of carbonyl (C=O) groups is 2.